The summed E-state index contributed by atoms with van der Waals surface area (Å²) in [6, 6.07) is 0. The molecule has 0 unspecified atom stereocenters. The lowest BCUT2D eigenvalue weighted by Crippen LogP contribution is -2.22. The lowest BCUT2D eigenvalue weighted by Gasteiger charge is -2.14. The van der Waals surface area contributed by atoms with Gasteiger partial charge in [0.15, 0.2) is 5.82 Å². The van der Waals surface area contributed by atoms with Gasteiger partial charge < -0.3 is 10.4 Å². The van der Waals surface area contributed by atoms with Gasteiger partial charge in [0.05, 0.1) is 11.4 Å². The van der Waals surface area contributed by atoms with Crippen LogP contribution in [0.4, 0.5) is 5.00 Å². The fraction of sp³-hybridized carbons (Fsp3) is 0.500. The molecule has 0 saturated heterocycles. The Hall–Kier alpha value is -2.20. The van der Waals surface area contributed by atoms with Gasteiger partial charge >= 0.3 is 5.97 Å². The highest BCUT2D eigenvalue weighted by molar-refractivity contribution is 7.71. The number of hydrogen-bond acceptors (Lipinski definition) is 6. The van der Waals surface area contributed by atoms with E-state index >= 15 is 0 Å². The Morgan fingerprint density at radius 3 is 2.88 bits per heavy atom. The first-order valence-corrected chi connectivity index (χ1v) is 9.71. The number of nitrogens with one attached hydrogen (secondary N) is 3. The van der Waals surface area contributed by atoms with Gasteiger partial charge in [-0.15, -0.1) is 11.3 Å². The highest BCUT2D eigenvalue weighted by Gasteiger charge is 2.22. The normalized spacial score (nSPS) is 13.3. The first kappa shape index (κ1) is 18.6. The zero-order chi connectivity index (χ0) is 18.7. The van der Waals surface area contributed by atoms with Crippen molar-refractivity contribution in [1.82, 2.24) is 14.9 Å². The number of aromatic nitrogens is 3. The quantitative estimate of drug-likeness (QED) is 0.536. The summed E-state index contributed by atoms with van der Waals surface area (Å²) in [5.41, 5.74) is 5.12. The van der Waals surface area contributed by atoms with Crippen molar-refractivity contribution in [3.8, 4) is 0 Å². The summed E-state index contributed by atoms with van der Waals surface area (Å²) in [5.74, 6) is -0.430. The third-order valence-electron chi connectivity index (χ3n) is 4.25. The molecule has 3 rings (SSSR count). The minimum atomic E-state index is -0.827. The Kier molecular flexibility index (Phi) is 5.72. The van der Waals surface area contributed by atoms with Crippen molar-refractivity contribution < 1.29 is 14.7 Å². The molecule has 0 spiro atoms. The van der Waals surface area contributed by atoms with Crippen LogP contribution in [0.15, 0.2) is 0 Å². The molecule has 0 fully saturated rings. The van der Waals surface area contributed by atoms with Crippen molar-refractivity contribution in [3.63, 3.8) is 0 Å². The molecule has 2 heterocycles. The van der Waals surface area contributed by atoms with E-state index in [0.29, 0.717) is 23.6 Å². The summed E-state index contributed by atoms with van der Waals surface area (Å²) in [5, 5.41) is 20.1. The van der Waals surface area contributed by atoms with Gasteiger partial charge in [-0.2, -0.15) is 5.10 Å². The number of aryl methyl sites for hydroxylation is 1. The van der Waals surface area contributed by atoms with E-state index in [4.69, 9.17) is 17.3 Å². The second kappa shape index (κ2) is 8.00. The molecule has 2 aromatic heterocycles. The first-order chi connectivity index (χ1) is 12.5. The second-order valence-corrected chi connectivity index (χ2v) is 7.71. The van der Waals surface area contributed by atoms with Crippen molar-refractivity contribution >= 4 is 40.4 Å². The zero-order valence-electron chi connectivity index (χ0n) is 14.4. The number of carbonyl (C=O) groups is 2. The molecule has 8 nitrogen and oxygen atoms in total. The molecule has 4 N–H and O–H groups in total. The number of aromatic amines is 1. The summed E-state index contributed by atoms with van der Waals surface area (Å²) in [6.07, 6.45) is 4.94. The van der Waals surface area contributed by atoms with Gasteiger partial charge in [0, 0.05) is 24.8 Å². The van der Waals surface area contributed by atoms with Gasteiger partial charge in [0.2, 0.25) is 10.7 Å². The third-order valence-corrected chi connectivity index (χ3v) is 5.82. The second-order valence-electron chi connectivity index (χ2n) is 6.21. The Morgan fingerprint density at radius 1 is 1.38 bits per heavy atom. The van der Waals surface area contributed by atoms with Crippen LogP contribution >= 0.6 is 23.6 Å². The minimum Gasteiger partial charge on any atom is -0.481 e. The third kappa shape index (κ3) is 4.13. The SMILES string of the molecule is CC(=O)Nn1c(Cc2c(NCCC(=O)O)sc3c2CCCC3)n[nH]c1=S. The van der Waals surface area contributed by atoms with Crippen LogP contribution in [0.1, 0.15) is 48.0 Å². The van der Waals surface area contributed by atoms with E-state index in [9.17, 15) is 9.59 Å². The molecule has 0 aliphatic heterocycles. The zero-order valence-corrected chi connectivity index (χ0v) is 16.1. The molecular formula is C16H21N5O3S2. The molecule has 1 aliphatic carbocycles. The number of aliphatic carboxylic acids is 1. The van der Waals surface area contributed by atoms with Crippen molar-refractivity contribution in [1.29, 1.82) is 0 Å². The van der Waals surface area contributed by atoms with Crippen LogP contribution in [-0.4, -0.2) is 38.4 Å². The number of carboxylic acid groups (broad SMARTS) is 1. The predicted octanol–water partition coefficient (Wildman–Crippen LogP) is 2.45. The minimum absolute atomic E-state index is 0.0621. The van der Waals surface area contributed by atoms with Gasteiger partial charge in [0.1, 0.15) is 0 Å². The molecule has 10 heteroatoms. The summed E-state index contributed by atoms with van der Waals surface area (Å²) < 4.78 is 1.82. The van der Waals surface area contributed by atoms with Crippen LogP contribution in [0.5, 0.6) is 0 Å². The highest BCUT2D eigenvalue weighted by atomic mass is 32.1. The number of rotatable bonds is 7. The van der Waals surface area contributed by atoms with Crippen LogP contribution in [0, 0.1) is 4.77 Å². The van der Waals surface area contributed by atoms with Crippen molar-refractivity contribution in [2.75, 3.05) is 17.3 Å². The average molecular weight is 396 g/mol. The van der Waals surface area contributed by atoms with Gasteiger partial charge in [-0.05, 0) is 49.0 Å². The molecule has 1 aliphatic rings. The highest BCUT2D eigenvalue weighted by Crippen LogP contribution is 2.39. The van der Waals surface area contributed by atoms with E-state index in [0.717, 1.165) is 29.8 Å². The molecule has 0 aromatic carbocycles. The van der Waals surface area contributed by atoms with Crippen molar-refractivity contribution in [3.05, 3.63) is 26.6 Å². The maximum Gasteiger partial charge on any atom is 0.305 e. The fourth-order valence-corrected chi connectivity index (χ4v) is 4.65. The maximum absolute atomic E-state index is 11.4. The van der Waals surface area contributed by atoms with Gasteiger partial charge in [-0.3, -0.25) is 20.1 Å². The van der Waals surface area contributed by atoms with Gasteiger partial charge in [-0.25, -0.2) is 4.68 Å². The number of carbonyl (C=O) groups excluding carboxylic acids is 1. The van der Waals surface area contributed by atoms with Gasteiger partial charge in [-0.1, -0.05) is 0 Å². The number of fused-ring (bicyclic) bond motifs is 1. The lowest BCUT2D eigenvalue weighted by atomic mass is 9.94. The molecule has 0 bridgehead atoms. The molecule has 140 valence electrons. The first-order valence-electron chi connectivity index (χ1n) is 8.48. The number of hydrogen-bond donors (Lipinski definition) is 4. The largest absolute Gasteiger partial charge is 0.481 e. The fourth-order valence-electron chi connectivity index (χ4n) is 3.12. The standard InChI is InChI=1S/C16H21N5O3S2/c1-9(22)20-21-13(18-19-16(21)25)8-11-10-4-2-3-5-12(10)26-15(11)17-7-6-14(23)24/h17H,2-8H2,1H3,(H,19,25)(H,20,22)(H,23,24). The Labute approximate surface area is 159 Å². The number of nitrogens with zero attached hydrogens (tertiary/aromatic N) is 2. The van der Waals surface area contributed by atoms with E-state index in [1.165, 1.54) is 28.5 Å². The summed E-state index contributed by atoms with van der Waals surface area (Å²) in [7, 11) is 0. The molecule has 0 saturated carbocycles. The van der Waals surface area contributed by atoms with Crippen molar-refractivity contribution in [2.45, 2.75) is 45.4 Å². The Bertz CT molecular complexity index is 883. The van der Waals surface area contributed by atoms with E-state index < -0.39 is 5.97 Å². The van der Waals surface area contributed by atoms with Crippen LogP contribution in [0.25, 0.3) is 0 Å². The number of amides is 1. The molecule has 26 heavy (non-hydrogen) atoms. The number of thiophene rings is 1. The molecule has 2 aromatic rings. The molecule has 1 amide bonds. The van der Waals surface area contributed by atoms with E-state index in [-0.39, 0.29) is 12.3 Å². The number of anilines is 1. The number of carboxylic acids is 1. The monoisotopic (exact) mass is 395 g/mol. The molecule has 0 atom stereocenters. The number of H-pyrrole nitrogens is 1. The summed E-state index contributed by atoms with van der Waals surface area (Å²) >= 11 is 6.89. The van der Waals surface area contributed by atoms with Crippen LogP contribution in [0.2, 0.25) is 0 Å². The van der Waals surface area contributed by atoms with Crippen LogP contribution in [-0.2, 0) is 28.9 Å². The van der Waals surface area contributed by atoms with E-state index in [1.807, 2.05) is 0 Å². The smallest absolute Gasteiger partial charge is 0.305 e. The summed E-state index contributed by atoms with van der Waals surface area (Å²) in [4.78, 5) is 23.6. The average Bonchev–Trinajstić information content (AvgIpc) is 3.10. The van der Waals surface area contributed by atoms with Crippen LogP contribution < -0.4 is 10.7 Å². The van der Waals surface area contributed by atoms with Crippen LogP contribution in [0.3, 0.4) is 0 Å². The predicted molar refractivity (Wildman–Crippen MR) is 102 cm³/mol. The topological polar surface area (TPSA) is 112 Å². The summed E-state index contributed by atoms with van der Waals surface area (Å²) in [6.45, 7) is 1.80. The van der Waals surface area contributed by atoms with E-state index in [1.54, 1.807) is 11.3 Å². The Balaban J connectivity index is 1.91. The molecule has 0 radical (unpaired) electrons. The maximum atomic E-state index is 11.4. The van der Waals surface area contributed by atoms with Crippen molar-refractivity contribution in [2.24, 2.45) is 0 Å². The Morgan fingerprint density at radius 2 is 2.15 bits per heavy atom. The van der Waals surface area contributed by atoms with Gasteiger partial charge in [0.25, 0.3) is 0 Å². The van der Waals surface area contributed by atoms with E-state index in [2.05, 4.69) is 20.9 Å². The molecular weight excluding hydrogens is 374 g/mol. The lowest BCUT2D eigenvalue weighted by molar-refractivity contribution is -0.136.